The topological polar surface area (TPSA) is 81.4 Å². The van der Waals surface area contributed by atoms with Crippen molar-refractivity contribution in [3.05, 3.63) is 17.0 Å². The molecule has 0 spiro atoms. The van der Waals surface area contributed by atoms with E-state index >= 15 is 0 Å². The van der Waals surface area contributed by atoms with E-state index in [1.165, 1.54) is 11.3 Å². The summed E-state index contributed by atoms with van der Waals surface area (Å²) >= 11 is 1.29. The van der Waals surface area contributed by atoms with Crippen molar-refractivity contribution >= 4 is 28.3 Å². The van der Waals surface area contributed by atoms with Crippen molar-refractivity contribution in [2.75, 3.05) is 5.32 Å². The van der Waals surface area contributed by atoms with Gasteiger partial charge in [-0.25, -0.2) is 4.79 Å². The van der Waals surface area contributed by atoms with Crippen LogP contribution < -0.4 is 11.1 Å². The van der Waals surface area contributed by atoms with E-state index in [-0.39, 0.29) is 0 Å². The second-order valence-electron chi connectivity index (χ2n) is 4.44. The molecule has 0 aliphatic heterocycles. The van der Waals surface area contributed by atoms with E-state index in [0.29, 0.717) is 10.6 Å². The number of rotatable bonds is 1. The van der Waals surface area contributed by atoms with Gasteiger partial charge >= 0.3 is 6.09 Å². The molecule has 0 fully saturated rings. The molecule has 0 saturated carbocycles. The van der Waals surface area contributed by atoms with Gasteiger partial charge in [-0.05, 0) is 26.8 Å². The maximum Gasteiger partial charge on any atom is 0.412 e. The Labute approximate surface area is 109 Å². The molecule has 96 valence electrons. The highest BCUT2D eigenvalue weighted by molar-refractivity contribution is 7.14. The van der Waals surface area contributed by atoms with E-state index in [2.05, 4.69) is 17.2 Å². The third-order valence-corrected chi connectivity index (χ3v) is 2.40. The quantitative estimate of drug-likeness (QED) is 0.762. The number of hydrogen-bond acceptors (Lipinski definition) is 4. The number of thiophene rings is 1. The average molecular weight is 266 g/mol. The summed E-state index contributed by atoms with van der Waals surface area (Å²) < 4.78 is 5.10. The molecular weight excluding hydrogens is 252 g/mol. The Bertz CT molecular complexity index is 517. The fourth-order valence-electron chi connectivity index (χ4n) is 1.01. The van der Waals surface area contributed by atoms with E-state index < -0.39 is 17.6 Å². The molecule has 0 unspecified atom stereocenters. The molecule has 6 heteroatoms. The first-order valence-corrected chi connectivity index (χ1v) is 6.04. The van der Waals surface area contributed by atoms with Gasteiger partial charge in [0.05, 0.1) is 5.00 Å². The van der Waals surface area contributed by atoms with Crippen molar-refractivity contribution in [1.82, 2.24) is 0 Å². The highest BCUT2D eigenvalue weighted by Gasteiger charge is 2.16. The van der Waals surface area contributed by atoms with Gasteiger partial charge in [0.1, 0.15) is 5.60 Å². The Morgan fingerprint density at radius 3 is 2.67 bits per heavy atom. The molecule has 0 aliphatic carbocycles. The zero-order valence-electron chi connectivity index (χ0n) is 10.4. The van der Waals surface area contributed by atoms with Crippen LogP contribution >= 0.6 is 11.3 Å². The van der Waals surface area contributed by atoms with Crippen LogP contribution in [0, 0.1) is 11.8 Å². The van der Waals surface area contributed by atoms with Crippen LogP contribution in [0.4, 0.5) is 9.80 Å². The first-order chi connectivity index (χ1) is 8.26. The normalized spacial score (nSPS) is 10.2. The second kappa shape index (κ2) is 5.56. The van der Waals surface area contributed by atoms with E-state index in [4.69, 9.17) is 10.5 Å². The minimum absolute atomic E-state index is 0.529. The lowest BCUT2D eigenvalue weighted by Crippen LogP contribution is -2.26. The number of hydrogen-bond donors (Lipinski definition) is 2. The van der Waals surface area contributed by atoms with Gasteiger partial charge in [0.25, 0.3) is 5.91 Å². The second-order valence-corrected chi connectivity index (χ2v) is 5.35. The zero-order chi connectivity index (χ0) is 13.8. The molecule has 0 atom stereocenters. The SMILES string of the molecule is CC(C)(C)OC(=O)Nc1cc(C#CC(N)=O)cs1. The van der Waals surface area contributed by atoms with Crippen molar-refractivity contribution in [3.8, 4) is 11.8 Å². The molecule has 0 radical (unpaired) electrons. The van der Waals surface area contributed by atoms with Gasteiger partial charge in [-0.1, -0.05) is 5.92 Å². The number of nitrogens with two attached hydrogens (primary N) is 1. The minimum atomic E-state index is -0.692. The van der Waals surface area contributed by atoms with Crippen LogP contribution in [0.25, 0.3) is 0 Å². The van der Waals surface area contributed by atoms with Crippen LogP contribution in [-0.2, 0) is 9.53 Å². The zero-order valence-corrected chi connectivity index (χ0v) is 11.2. The van der Waals surface area contributed by atoms with Crippen LogP contribution in [-0.4, -0.2) is 17.6 Å². The summed E-state index contributed by atoms with van der Waals surface area (Å²) in [7, 11) is 0. The number of ether oxygens (including phenoxy) is 1. The van der Waals surface area contributed by atoms with Gasteiger partial charge in [-0.3, -0.25) is 10.1 Å². The Morgan fingerprint density at radius 1 is 1.44 bits per heavy atom. The van der Waals surface area contributed by atoms with Crippen molar-refractivity contribution < 1.29 is 14.3 Å². The van der Waals surface area contributed by atoms with Crippen LogP contribution in [0.2, 0.25) is 0 Å². The molecule has 1 heterocycles. The summed E-state index contributed by atoms with van der Waals surface area (Å²) in [5.74, 6) is 4.11. The Hall–Kier alpha value is -2.00. The fourth-order valence-corrected chi connectivity index (χ4v) is 1.72. The molecule has 5 nitrogen and oxygen atoms in total. The molecule has 2 amide bonds. The lowest BCUT2D eigenvalue weighted by molar-refractivity contribution is -0.112. The van der Waals surface area contributed by atoms with Crippen molar-refractivity contribution in [2.45, 2.75) is 26.4 Å². The Balaban J connectivity index is 2.63. The van der Waals surface area contributed by atoms with Gasteiger partial charge in [0.15, 0.2) is 0 Å². The molecule has 1 aromatic heterocycles. The van der Waals surface area contributed by atoms with Crippen molar-refractivity contribution in [3.63, 3.8) is 0 Å². The smallest absolute Gasteiger partial charge is 0.412 e. The van der Waals surface area contributed by atoms with Gasteiger partial charge in [0.2, 0.25) is 0 Å². The minimum Gasteiger partial charge on any atom is -0.444 e. The molecular formula is C12H14N2O3S. The van der Waals surface area contributed by atoms with Crippen LogP contribution in [0.1, 0.15) is 26.3 Å². The number of carbonyl (C=O) groups excluding carboxylic acids is 2. The van der Waals surface area contributed by atoms with Gasteiger partial charge in [-0.15, -0.1) is 11.3 Å². The summed E-state index contributed by atoms with van der Waals surface area (Å²) in [6.07, 6.45) is -0.529. The lowest BCUT2D eigenvalue weighted by Gasteiger charge is -2.19. The predicted molar refractivity (Wildman–Crippen MR) is 70.2 cm³/mol. The van der Waals surface area contributed by atoms with E-state index in [1.807, 2.05) is 0 Å². The van der Waals surface area contributed by atoms with Crippen molar-refractivity contribution in [2.24, 2.45) is 5.73 Å². The molecule has 1 rings (SSSR count). The first-order valence-electron chi connectivity index (χ1n) is 5.16. The highest BCUT2D eigenvalue weighted by Crippen LogP contribution is 2.20. The van der Waals surface area contributed by atoms with Crippen molar-refractivity contribution in [1.29, 1.82) is 0 Å². The largest absolute Gasteiger partial charge is 0.444 e. The highest BCUT2D eigenvalue weighted by atomic mass is 32.1. The molecule has 3 N–H and O–H groups in total. The monoisotopic (exact) mass is 266 g/mol. The standard InChI is InChI=1S/C12H14N2O3S/c1-12(2,3)17-11(16)14-10-6-8(7-18-10)4-5-9(13)15/h6-7H,1-3H3,(H2,13,15)(H,14,16). The molecule has 18 heavy (non-hydrogen) atoms. The summed E-state index contributed by atoms with van der Waals surface area (Å²) in [6, 6.07) is 1.64. The maximum absolute atomic E-state index is 11.5. The maximum atomic E-state index is 11.5. The van der Waals surface area contributed by atoms with Gasteiger partial charge in [0, 0.05) is 16.9 Å². The molecule has 0 saturated heterocycles. The lowest BCUT2D eigenvalue weighted by atomic mass is 10.2. The molecule has 0 bridgehead atoms. The summed E-state index contributed by atoms with van der Waals surface area (Å²) in [5.41, 5.74) is 4.97. The number of amides is 2. The predicted octanol–water partition coefficient (Wildman–Crippen LogP) is 1.93. The average Bonchev–Trinajstić information content (AvgIpc) is 2.59. The third-order valence-electron chi connectivity index (χ3n) is 1.55. The summed E-state index contributed by atoms with van der Waals surface area (Å²) in [4.78, 5) is 21.9. The number of nitrogens with one attached hydrogen (secondary N) is 1. The fraction of sp³-hybridized carbons (Fsp3) is 0.333. The first kappa shape index (κ1) is 14.1. The number of anilines is 1. The molecule has 1 aromatic rings. The molecule has 0 aliphatic rings. The van der Waals surface area contributed by atoms with Crippen LogP contribution in [0.3, 0.4) is 0 Å². The Kier molecular flexibility index (Phi) is 4.34. The third kappa shape index (κ3) is 5.37. The van der Waals surface area contributed by atoms with Gasteiger partial charge < -0.3 is 10.5 Å². The van der Waals surface area contributed by atoms with Gasteiger partial charge in [-0.2, -0.15) is 0 Å². The van der Waals surface area contributed by atoms with E-state index in [0.717, 1.165) is 0 Å². The number of carbonyl (C=O) groups is 2. The number of primary amides is 1. The van der Waals surface area contributed by atoms with E-state index in [9.17, 15) is 9.59 Å². The Morgan fingerprint density at radius 2 is 2.11 bits per heavy atom. The summed E-state index contributed by atoms with van der Waals surface area (Å²) in [6.45, 7) is 5.35. The van der Waals surface area contributed by atoms with Crippen LogP contribution in [0.5, 0.6) is 0 Å². The summed E-state index contributed by atoms with van der Waals surface area (Å²) in [5, 5.41) is 4.89. The van der Waals surface area contributed by atoms with Crippen LogP contribution in [0.15, 0.2) is 11.4 Å². The molecule has 0 aromatic carbocycles. The van der Waals surface area contributed by atoms with E-state index in [1.54, 1.807) is 32.2 Å².